The summed E-state index contributed by atoms with van der Waals surface area (Å²) >= 11 is 0. The predicted molar refractivity (Wildman–Crippen MR) is 71.3 cm³/mol. The van der Waals surface area contributed by atoms with Gasteiger partial charge in [0.1, 0.15) is 11.4 Å². The van der Waals surface area contributed by atoms with Gasteiger partial charge < -0.3 is 15.0 Å². The lowest BCUT2D eigenvalue weighted by molar-refractivity contribution is -0.146. The van der Waals surface area contributed by atoms with Crippen LogP contribution in [0.25, 0.3) is 0 Å². The molecule has 1 atom stereocenters. The van der Waals surface area contributed by atoms with Crippen molar-refractivity contribution in [3.05, 3.63) is 18.2 Å². The number of nitrogens with two attached hydrogens (primary N) is 1. The largest absolute Gasteiger partial charge is 0.468 e. The molecular formula is C13H22N4O2. The summed E-state index contributed by atoms with van der Waals surface area (Å²) in [5.74, 6) is 0.761. The predicted octanol–water partition coefficient (Wildman–Crippen LogP) is 0.369. The second kappa shape index (κ2) is 5.71. The third-order valence-corrected chi connectivity index (χ3v) is 3.65. The monoisotopic (exact) mass is 266 g/mol. The molecule has 1 aliphatic heterocycles. The van der Waals surface area contributed by atoms with E-state index in [1.54, 1.807) is 6.92 Å². The highest BCUT2D eigenvalue weighted by molar-refractivity contribution is 5.79. The van der Waals surface area contributed by atoms with Crippen LogP contribution in [-0.4, -0.2) is 46.2 Å². The van der Waals surface area contributed by atoms with Gasteiger partial charge in [-0.3, -0.25) is 9.69 Å². The number of fused-ring (bicyclic) bond motifs is 1. The Balaban J connectivity index is 1.77. The van der Waals surface area contributed by atoms with Crippen molar-refractivity contribution in [2.24, 2.45) is 5.73 Å². The summed E-state index contributed by atoms with van der Waals surface area (Å²) in [5, 5.41) is 0. The fraction of sp³-hybridized carbons (Fsp3) is 0.692. The van der Waals surface area contributed by atoms with Gasteiger partial charge in [-0.25, -0.2) is 4.98 Å². The number of hydrogen-bond donors (Lipinski definition) is 1. The van der Waals surface area contributed by atoms with Gasteiger partial charge in [0.05, 0.1) is 13.7 Å². The smallest absolute Gasteiger partial charge is 0.325 e. The van der Waals surface area contributed by atoms with Crippen LogP contribution in [0.4, 0.5) is 0 Å². The number of ether oxygens (including phenoxy) is 1. The molecule has 0 saturated heterocycles. The van der Waals surface area contributed by atoms with Crippen molar-refractivity contribution in [1.82, 2.24) is 14.5 Å². The lowest BCUT2D eigenvalue weighted by Gasteiger charge is -2.28. The van der Waals surface area contributed by atoms with Crippen LogP contribution in [0.5, 0.6) is 0 Å². The summed E-state index contributed by atoms with van der Waals surface area (Å²) in [5.41, 5.74) is 5.05. The first-order valence-electron chi connectivity index (χ1n) is 6.62. The molecule has 1 unspecified atom stereocenters. The molecular weight excluding hydrogens is 244 g/mol. The van der Waals surface area contributed by atoms with E-state index in [0.29, 0.717) is 6.42 Å². The zero-order valence-electron chi connectivity index (χ0n) is 11.6. The van der Waals surface area contributed by atoms with Gasteiger partial charge in [0.2, 0.25) is 0 Å². The Kier molecular flexibility index (Phi) is 4.21. The van der Waals surface area contributed by atoms with Gasteiger partial charge in [-0.2, -0.15) is 0 Å². The Bertz CT molecular complexity index is 442. The third kappa shape index (κ3) is 3.33. The average molecular weight is 266 g/mol. The van der Waals surface area contributed by atoms with Crippen LogP contribution >= 0.6 is 0 Å². The molecule has 2 rings (SSSR count). The van der Waals surface area contributed by atoms with Crippen molar-refractivity contribution in [2.75, 3.05) is 20.2 Å². The van der Waals surface area contributed by atoms with Crippen LogP contribution in [0.15, 0.2) is 12.4 Å². The van der Waals surface area contributed by atoms with E-state index in [1.165, 1.54) is 7.11 Å². The summed E-state index contributed by atoms with van der Waals surface area (Å²) in [6.07, 6.45) is 5.36. The summed E-state index contributed by atoms with van der Waals surface area (Å²) in [7, 11) is 1.37. The SMILES string of the molecule is COC(=O)C(C)(N)CCCN1CCn2ccnc2C1. The molecule has 106 valence electrons. The van der Waals surface area contributed by atoms with Crippen molar-refractivity contribution in [1.29, 1.82) is 0 Å². The molecule has 0 fully saturated rings. The minimum Gasteiger partial charge on any atom is -0.468 e. The van der Waals surface area contributed by atoms with Crippen LogP contribution in [0.1, 0.15) is 25.6 Å². The van der Waals surface area contributed by atoms with Crippen molar-refractivity contribution in [3.8, 4) is 0 Å². The molecule has 19 heavy (non-hydrogen) atoms. The second-order valence-corrected chi connectivity index (χ2v) is 5.33. The maximum atomic E-state index is 11.5. The topological polar surface area (TPSA) is 73.4 Å². The lowest BCUT2D eigenvalue weighted by atomic mass is 9.97. The van der Waals surface area contributed by atoms with E-state index in [-0.39, 0.29) is 5.97 Å². The lowest BCUT2D eigenvalue weighted by Crippen LogP contribution is -2.46. The Morgan fingerprint density at radius 1 is 1.58 bits per heavy atom. The van der Waals surface area contributed by atoms with E-state index in [2.05, 4.69) is 14.5 Å². The second-order valence-electron chi connectivity index (χ2n) is 5.33. The molecule has 1 aliphatic rings. The van der Waals surface area contributed by atoms with Crippen LogP contribution < -0.4 is 5.73 Å². The van der Waals surface area contributed by atoms with Gasteiger partial charge in [0.15, 0.2) is 0 Å². The standard InChI is InChI=1S/C13H22N4O2/c1-13(14,12(18)19-2)4-3-6-16-8-9-17-7-5-15-11(17)10-16/h5,7H,3-4,6,8-10,14H2,1-2H3. The third-order valence-electron chi connectivity index (χ3n) is 3.65. The first-order chi connectivity index (χ1) is 9.03. The Morgan fingerprint density at radius 3 is 3.11 bits per heavy atom. The number of nitrogens with zero attached hydrogens (tertiary/aromatic N) is 3. The number of rotatable bonds is 5. The van der Waals surface area contributed by atoms with Crippen LogP contribution in [0, 0.1) is 0 Å². The molecule has 2 heterocycles. The highest BCUT2D eigenvalue weighted by atomic mass is 16.5. The van der Waals surface area contributed by atoms with Crippen molar-refractivity contribution >= 4 is 5.97 Å². The molecule has 2 N–H and O–H groups in total. The molecule has 0 amide bonds. The summed E-state index contributed by atoms with van der Waals surface area (Å²) < 4.78 is 6.88. The number of carbonyl (C=O) groups excluding carboxylic acids is 1. The Morgan fingerprint density at radius 2 is 2.37 bits per heavy atom. The zero-order valence-corrected chi connectivity index (χ0v) is 11.6. The first kappa shape index (κ1) is 14.0. The molecule has 6 nitrogen and oxygen atoms in total. The van der Waals surface area contributed by atoms with Crippen LogP contribution in [0.2, 0.25) is 0 Å². The molecule has 1 aromatic rings. The quantitative estimate of drug-likeness (QED) is 0.779. The highest BCUT2D eigenvalue weighted by Crippen LogP contribution is 2.14. The maximum Gasteiger partial charge on any atom is 0.325 e. The number of imidazole rings is 1. The Hall–Kier alpha value is -1.40. The molecule has 0 aliphatic carbocycles. The van der Waals surface area contributed by atoms with Gasteiger partial charge in [-0.05, 0) is 26.3 Å². The zero-order chi connectivity index (χ0) is 13.9. The summed E-state index contributed by atoms with van der Waals surface area (Å²) in [6, 6.07) is 0. The molecule has 0 bridgehead atoms. The van der Waals surface area contributed by atoms with Gasteiger partial charge >= 0.3 is 5.97 Å². The highest BCUT2D eigenvalue weighted by Gasteiger charge is 2.29. The maximum absolute atomic E-state index is 11.5. The van der Waals surface area contributed by atoms with Gasteiger partial charge in [-0.15, -0.1) is 0 Å². The van der Waals surface area contributed by atoms with Crippen LogP contribution in [0.3, 0.4) is 0 Å². The van der Waals surface area contributed by atoms with E-state index < -0.39 is 5.54 Å². The molecule has 6 heteroatoms. The van der Waals surface area contributed by atoms with E-state index in [0.717, 1.165) is 38.4 Å². The van der Waals surface area contributed by atoms with E-state index in [1.807, 2.05) is 12.4 Å². The number of hydrogen-bond acceptors (Lipinski definition) is 5. The fourth-order valence-corrected chi connectivity index (χ4v) is 2.42. The van der Waals surface area contributed by atoms with E-state index >= 15 is 0 Å². The van der Waals surface area contributed by atoms with E-state index in [9.17, 15) is 4.79 Å². The number of methoxy groups -OCH3 is 1. The van der Waals surface area contributed by atoms with E-state index in [4.69, 9.17) is 10.5 Å². The molecule has 0 radical (unpaired) electrons. The summed E-state index contributed by atoms with van der Waals surface area (Å²) in [4.78, 5) is 18.1. The molecule has 1 aromatic heterocycles. The number of carbonyl (C=O) groups is 1. The van der Waals surface area contributed by atoms with Gasteiger partial charge in [0, 0.05) is 25.5 Å². The minimum atomic E-state index is -0.886. The van der Waals surface area contributed by atoms with Gasteiger partial charge in [-0.1, -0.05) is 0 Å². The average Bonchev–Trinajstić information content (AvgIpc) is 2.84. The van der Waals surface area contributed by atoms with Crippen molar-refractivity contribution in [3.63, 3.8) is 0 Å². The number of aromatic nitrogens is 2. The minimum absolute atomic E-state index is 0.346. The number of esters is 1. The van der Waals surface area contributed by atoms with Crippen molar-refractivity contribution in [2.45, 2.75) is 38.4 Å². The summed E-state index contributed by atoms with van der Waals surface area (Å²) in [6.45, 7) is 5.51. The fourth-order valence-electron chi connectivity index (χ4n) is 2.42. The molecule has 0 aromatic carbocycles. The normalized spacial score (nSPS) is 18.7. The van der Waals surface area contributed by atoms with Gasteiger partial charge in [0.25, 0.3) is 0 Å². The molecule has 0 saturated carbocycles. The Labute approximate surface area is 113 Å². The van der Waals surface area contributed by atoms with Crippen LogP contribution in [-0.2, 0) is 22.6 Å². The molecule has 0 spiro atoms. The first-order valence-corrected chi connectivity index (χ1v) is 6.62. The van der Waals surface area contributed by atoms with Crippen molar-refractivity contribution < 1.29 is 9.53 Å².